The molecule has 1 amide bonds. The summed E-state index contributed by atoms with van der Waals surface area (Å²) in [6.45, 7) is 7.18. The number of aryl methyl sites for hydroxylation is 1. The van der Waals surface area contributed by atoms with Gasteiger partial charge in [-0.3, -0.25) is 19.1 Å². The molecule has 0 spiro atoms. The first-order valence-electron chi connectivity index (χ1n) is 13.9. The van der Waals surface area contributed by atoms with Crippen molar-refractivity contribution in [2.75, 3.05) is 19.8 Å². The van der Waals surface area contributed by atoms with Crippen molar-refractivity contribution in [3.05, 3.63) is 125 Å². The summed E-state index contributed by atoms with van der Waals surface area (Å²) >= 11 is 0. The van der Waals surface area contributed by atoms with Crippen molar-refractivity contribution >= 4 is 16.8 Å². The monoisotopic (exact) mass is 546 g/mol. The van der Waals surface area contributed by atoms with E-state index in [9.17, 15) is 9.59 Å². The molecule has 208 valence electrons. The number of carbonyl (C=O) groups is 1. The van der Waals surface area contributed by atoms with Gasteiger partial charge < -0.3 is 9.64 Å². The number of carbonyl (C=O) groups excluding carboxylic acids is 1. The van der Waals surface area contributed by atoms with Crippen LogP contribution in [0.25, 0.3) is 27.7 Å². The van der Waals surface area contributed by atoms with Crippen LogP contribution in [-0.2, 0) is 16.0 Å². The Morgan fingerprint density at radius 1 is 0.927 bits per heavy atom. The Balaban J connectivity index is 1.51. The van der Waals surface area contributed by atoms with Gasteiger partial charge in [0.05, 0.1) is 35.7 Å². The van der Waals surface area contributed by atoms with Crippen molar-refractivity contribution in [2.24, 2.45) is 0 Å². The number of hydrogen-bond acceptors (Lipinski definition) is 5. The van der Waals surface area contributed by atoms with Gasteiger partial charge in [0, 0.05) is 25.5 Å². The third-order valence-electron chi connectivity index (χ3n) is 7.26. The Labute approximate surface area is 240 Å². The number of fused-ring (bicyclic) bond motifs is 1. The van der Waals surface area contributed by atoms with Crippen LogP contribution in [0.5, 0.6) is 0 Å². The lowest BCUT2D eigenvalue weighted by Crippen LogP contribution is -2.40. The van der Waals surface area contributed by atoms with Gasteiger partial charge in [0.15, 0.2) is 0 Å². The van der Waals surface area contributed by atoms with Gasteiger partial charge in [-0.15, -0.1) is 0 Å². The van der Waals surface area contributed by atoms with Gasteiger partial charge in [0.2, 0.25) is 5.91 Å². The van der Waals surface area contributed by atoms with E-state index in [1.165, 1.54) is 0 Å². The van der Waals surface area contributed by atoms with E-state index in [-0.39, 0.29) is 17.9 Å². The molecule has 0 aliphatic carbocycles. The first-order chi connectivity index (χ1) is 20.0. The fourth-order valence-corrected chi connectivity index (χ4v) is 4.99. The van der Waals surface area contributed by atoms with Crippen molar-refractivity contribution in [2.45, 2.75) is 33.2 Å². The van der Waals surface area contributed by atoms with Gasteiger partial charge in [-0.05, 0) is 73.9 Å². The summed E-state index contributed by atoms with van der Waals surface area (Å²) in [6, 6.07) is 26.5. The van der Waals surface area contributed by atoms with Gasteiger partial charge in [0.25, 0.3) is 5.56 Å². The van der Waals surface area contributed by atoms with E-state index < -0.39 is 6.04 Å². The molecule has 41 heavy (non-hydrogen) atoms. The molecule has 0 fully saturated rings. The second kappa shape index (κ2) is 12.7. The summed E-state index contributed by atoms with van der Waals surface area (Å²) in [5, 5.41) is 0.533. The largest absolute Gasteiger partial charge is 0.380 e. The number of nitrogens with zero attached hydrogens (tertiary/aromatic N) is 4. The topological polar surface area (TPSA) is 77.3 Å². The number of ether oxygens (including phenoxy) is 1. The Morgan fingerprint density at radius 3 is 2.32 bits per heavy atom. The van der Waals surface area contributed by atoms with Crippen molar-refractivity contribution in [3.8, 4) is 16.8 Å². The standard InChI is InChI=1S/C34H34N4O3/c1-4-41-22-21-37(32(39)23-26-11-13-27(14-12-26)28-17-19-35-20-18-28)25(3)33-36-31-8-6-5-7-30(31)34(40)38(33)29-15-9-24(2)10-16-29/h5-20,25H,4,21-23H2,1-3H3. The lowest BCUT2D eigenvalue weighted by atomic mass is 10.0. The van der Waals surface area contributed by atoms with Gasteiger partial charge >= 0.3 is 0 Å². The summed E-state index contributed by atoms with van der Waals surface area (Å²) in [6.07, 6.45) is 3.75. The number of benzene rings is 3. The fourth-order valence-electron chi connectivity index (χ4n) is 4.99. The molecule has 7 heteroatoms. The summed E-state index contributed by atoms with van der Waals surface area (Å²) in [5.74, 6) is 0.446. The van der Waals surface area contributed by atoms with Crippen LogP contribution >= 0.6 is 0 Å². The molecular weight excluding hydrogens is 512 g/mol. The summed E-state index contributed by atoms with van der Waals surface area (Å²) < 4.78 is 7.29. The minimum atomic E-state index is -0.488. The van der Waals surface area contributed by atoms with Crippen molar-refractivity contribution in [3.63, 3.8) is 0 Å². The first-order valence-corrected chi connectivity index (χ1v) is 13.9. The van der Waals surface area contributed by atoms with Crippen LogP contribution in [0.1, 0.15) is 36.8 Å². The van der Waals surface area contributed by atoms with Gasteiger partial charge in [0.1, 0.15) is 5.82 Å². The smallest absolute Gasteiger partial charge is 0.266 e. The number of rotatable bonds is 10. The Kier molecular flexibility index (Phi) is 8.65. The van der Waals surface area contributed by atoms with Crippen LogP contribution in [0.4, 0.5) is 0 Å². The van der Waals surface area contributed by atoms with Crippen molar-refractivity contribution in [1.29, 1.82) is 0 Å². The Morgan fingerprint density at radius 2 is 1.61 bits per heavy atom. The van der Waals surface area contributed by atoms with Crippen LogP contribution < -0.4 is 5.56 Å². The lowest BCUT2D eigenvalue weighted by Gasteiger charge is -2.30. The van der Waals surface area contributed by atoms with E-state index in [4.69, 9.17) is 9.72 Å². The van der Waals surface area contributed by atoms with E-state index in [2.05, 4.69) is 4.98 Å². The molecule has 2 aromatic heterocycles. The number of aromatic nitrogens is 3. The predicted octanol–water partition coefficient (Wildman–Crippen LogP) is 5.92. The van der Waals surface area contributed by atoms with Crippen LogP contribution in [-0.4, -0.2) is 45.1 Å². The highest BCUT2D eigenvalue weighted by Crippen LogP contribution is 2.25. The zero-order valence-electron chi connectivity index (χ0n) is 23.7. The maximum Gasteiger partial charge on any atom is 0.266 e. The van der Waals surface area contributed by atoms with Gasteiger partial charge in [-0.25, -0.2) is 4.98 Å². The fraction of sp³-hybridized carbons (Fsp3) is 0.235. The third kappa shape index (κ3) is 6.26. The quantitative estimate of drug-likeness (QED) is 0.203. The molecular formula is C34H34N4O3. The maximum absolute atomic E-state index is 13.9. The molecule has 0 bridgehead atoms. The molecule has 7 nitrogen and oxygen atoms in total. The maximum atomic E-state index is 13.9. The summed E-state index contributed by atoms with van der Waals surface area (Å²) in [4.78, 5) is 38.5. The molecule has 0 saturated carbocycles. The molecule has 5 rings (SSSR count). The number of amides is 1. The molecule has 5 aromatic rings. The molecule has 0 saturated heterocycles. The average molecular weight is 547 g/mol. The summed E-state index contributed by atoms with van der Waals surface area (Å²) in [7, 11) is 0. The number of hydrogen-bond donors (Lipinski definition) is 0. The zero-order valence-corrected chi connectivity index (χ0v) is 23.7. The normalized spacial score (nSPS) is 11.9. The highest BCUT2D eigenvalue weighted by atomic mass is 16.5. The highest BCUT2D eigenvalue weighted by molar-refractivity contribution is 5.80. The Bertz CT molecular complexity index is 1680. The zero-order chi connectivity index (χ0) is 28.8. The minimum absolute atomic E-state index is 0.0632. The molecule has 2 heterocycles. The van der Waals surface area contributed by atoms with E-state index in [0.29, 0.717) is 42.2 Å². The van der Waals surface area contributed by atoms with Crippen molar-refractivity contribution < 1.29 is 9.53 Å². The SMILES string of the molecule is CCOCCN(C(=O)Cc1ccc(-c2ccncc2)cc1)C(C)c1nc2ccccc2c(=O)n1-c1ccc(C)cc1. The molecule has 0 N–H and O–H groups in total. The lowest BCUT2D eigenvalue weighted by molar-refractivity contribution is -0.133. The van der Waals surface area contributed by atoms with Gasteiger partial charge in [-0.2, -0.15) is 0 Å². The molecule has 1 atom stereocenters. The van der Waals surface area contributed by atoms with E-state index in [0.717, 1.165) is 22.3 Å². The average Bonchev–Trinajstić information content (AvgIpc) is 3.00. The minimum Gasteiger partial charge on any atom is -0.380 e. The number of pyridine rings is 1. The molecule has 0 aliphatic heterocycles. The molecule has 0 aliphatic rings. The van der Waals surface area contributed by atoms with Crippen LogP contribution in [0.3, 0.4) is 0 Å². The predicted molar refractivity (Wildman–Crippen MR) is 162 cm³/mol. The Hall–Kier alpha value is -4.62. The van der Waals surface area contributed by atoms with Crippen LogP contribution in [0, 0.1) is 6.92 Å². The second-order valence-electron chi connectivity index (χ2n) is 10.0. The van der Waals surface area contributed by atoms with E-state index >= 15 is 0 Å². The van der Waals surface area contributed by atoms with Crippen LogP contribution in [0.15, 0.2) is 102 Å². The van der Waals surface area contributed by atoms with Crippen LogP contribution in [0.2, 0.25) is 0 Å². The third-order valence-corrected chi connectivity index (χ3v) is 7.26. The van der Waals surface area contributed by atoms with Crippen molar-refractivity contribution in [1.82, 2.24) is 19.4 Å². The molecule has 3 aromatic carbocycles. The van der Waals surface area contributed by atoms with Gasteiger partial charge in [-0.1, -0.05) is 54.1 Å². The molecule has 1 unspecified atom stereocenters. The summed E-state index contributed by atoms with van der Waals surface area (Å²) in [5.41, 5.74) is 5.29. The van der Waals surface area contributed by atoms with E-state index in [1.807, 2.05) is 99.6 Å². The van der Waals surface area contributed by atoms with E-state index in [1.54, 1.807) is 27.9 Å². The molecule has 0 radical (unpaired) electrons. The second-order valence-corrected chi connectivity index (χ2v) is 10.0. The number of para-hydroxylation sites is 1. The first kappa shape index (κ1) is 27.9. The highest BCUT2D eigenvalue weighted by Gasteiger charge is 2.27.